The molecule has 0 spiro atoms. The third kappa shape index (κ3) is 4.21. The first kappa shape index (κ1) is 10.3. The van der Waals surface area contributed by atoms with Crippen molar-refractivity contribution in [3.05, 3.63) is 12.8 Å². The first-order valence-corrected chi connectivity index (χ1v) is 3.34. The molecule has 12 heavy (non-hydrogen) atoms. The zero-order chi connectivity index (χ0) is 9.40. The van der Waals surface area contributed by atoms with Gasteiger partial charge in [-0.3, -0.25) is 0 Å². The molecule has 0 aromatic carbocycles. The van der Waals surface area contributed by atoms with Gasteiger partial charge in [-0.15, -0.1) is 0 Å². The Labute approximate surface area is 71.3 Å². The monoisotopic (exact) mass is 168 g/mol. The molecule has 0 saturated carbocycles. The second-order valence-electron chi connectivity index (χ2n) is 1.82. The summed E-state index contributed by atoms with van der Waals surface area (Å²) >= 11 is 0. The Kier molecular flexibility index (Phi) is 5.25. The van der Waals surface area contributed by atoms with E-state index in [1.165, 1.54) is 13.2 Å². The summed E-state index contributed by atoms with van der Waals surface area (Å²) in [6.07, 6.45) is 1.34. The number of urea groups is 1. The minimum atomic E-state index is -0.282. The lowest BCUT2D eigenvalue weighted by atomic mass is 10.5. The zero-order valence-electron chi connectivity index (χ0n) is 7.00. The Morgan fingerprint density at radius 1 is 1.67 bits per heavy atom. The van der Waals surface area contributed by atoms with Gasteiger partial charge in [-0.2, -0.15) is 0 Å². The van der Waals surface area contributed by atoms with Crippen LogP contribution in [0.25, 0.3) is 0 Å². The van der Waals surface area contributed by atoms with Gasteiger partial charge in [0.1, 0.15) is 5.84 Å². The number of hydrogen-bond acceptors (Lipinski definition) is 2. The SMILES string of the molecule is C=CN=C(CNC(=O)NC)N=C. The van der Waals surface area contributed by atoms with Crippen LogP contribution in [0.15, 0.2) is 22.8 Å². The van der Waals surface area contributed by atoms with Crippen LogP contribution < -0.4 is 10.6 Å². The highest BCUT2D eigenvalue weighted by Crippen LogP contribution is 1.79. The largest absolute Gasteiger partial charge is 0.341 e. The molecule has 0 aromatic rings. The average Bonchev–Trinajstić information content (AvgIpc) is 2.11. The molecule has 66 valence electrons. The standard InChI is InChI=1S/C7H12N4O/c1-4-10-6(8-2)5-11-7(12)9-3/h4H,1-2,5H2,3H3,(H2,9,11,12). The summed E-state index contributed by atoms with van der Waals surface area (Å²) in [5, 5.41) is 4.90. The summed E-state index contributed by atoms with van der Waals surface area (Å²) in [5.74, 6) is 0.425. The van der Waals surface area contributed by atoms with Crippen LogP contribution in [0.4, 0.5) is 4.79 Å². The van der Waals surface area contributed by atoms with E-state index in [-0.39, 0.29) is 12.6 Å². The van der Waals surface area contributed by atoms with Crippen LogP contribution in [-0.4, -0.2) is 32.2 Å². The first-order chi connectivity index (χ1) is 5.74. The fourth-order valence-electron chi connectivity index (χ4n) is 0.495. The van der Waals surface area contributed by atoms with E-state index in [9.17, 15) is 4.79 Å². The molecule has 5 heteroatoms. The van der Waals surface area contributed by atoms with Crippen molar-refractivity contribution in [2.45, 2.75) is 0 Å². The van der Waals surface area contributed by atoms with Crippen LogP contribution in [-0.2, 0) is 0 Å². The number of carbonyl (C=O) groups excluding carboxylic acids is 1. The molecule has 2 amide bonds. The van der Waals surface area contributed by atoms with E-state index in [0.717, 1.165) is 0 Å². The Morgan fingerprint density at radius 2 is 2.33 bits per heavy atom. The Bertz CT molecular complexity index is 209. The molecular weight excluding hydrogens is 156 g/mol. The van der Waals surface area contributed by atoms with Gasteiger partial charge in [0.2, 0.25) is 0 Å². The van der Waals surface area contributed by atoms with Crippen molar-refractivity contribution in [2.24, 2.45) is 9.98 Å². The van der Waals surface area contributed by atoms with Crippen molar-refractivity contribution in [3.8, 4) is 0 Å². The number of hydrogen-bond donors (Lipinski definition) is 2. The lowest BCUT2D eigenvalue weighted by molar-refractivity contribution is 0.244. The number of nitrogens with one attached hydrogen (secondary N) is 2. The molecule has 0 aliphatic carbocycles. The van der Waals surface area contributed by atoms with E-state index < -0.39 is 0 Å². The first-order valence-electron chi connectivity index (χ1n) is 3.34. The Morgan fingerprint density at radius 3 is 2.75 bits per heavy atom. The minimum Gasteiger partial charge on any atom is -0.341 e. The molecule has 0 aliphatic rings. The number of aliphatic imine (C=N–C) groups is 2. The van der Waals surface area contributed by atoms with Gasteiger partial charge >= 0.3 is 6.03 Å². The molecule has 0 radical (unpaired) electrons. The van der Waals surface area contributed by atoms with E-state index in [1.807, 2.05) is 0 Å². The normalized spacial score (nSPS) is 10.2. The smallest absolute Gasteiger partial charge is 0.314 e. The third-order valence-electron chi connectivity index (χ3n) is 1.06. The quantitative estimate of drug-likeness (QED) is 0.457. The molecule has 5 nitrogen and oxygen atoms in total. The van der Waals surface area contributed by atoms with Crippen molar-refractivity contribution < 1.29 is 4.79 Å². The maximum Gasteiger partial charge on any atom is 0.314 e. The molecule has 0 fully saturated rings. The summed E-state index contributed by atoms with van der Waals surface area (Å²) in [5.41, 5.74) is 0. The van der Waals surface area contributed by atoms with Gasteiger partial charge in [0.15, 0.2) is 0 Å². The maximum atomic E-state index is 10.7. The summed E-state index contributed by atoms with van der Waals surface area (Å²) < 4.78 is 0. The van der Waals surface area contributed by atoms with E-state index >= 15 is 0 Å². The van der Waals surface area contributed by atoms with E-state index in [2.05, 4.69) is 33.9 Å². The number of amidine groups is 1. The molecule has 2 N–H and O–H groups in total. The van der Waals surface area contributed by atoms with E-state index in [4.69, 9.17) is 0 Å². The maximum absolute atomic E-state index is 10.7. The second kappa shape index (κ2) is 6.09. The highest BCUT2D eigenvalue weighted by atomic mass is 16.2. The molecule has 0 atom stereocenters. The topological polar surface area (TPSA) is 65.8 Å². The highest BCUT2D eigenvalue weighted by molar-refractivity contribution is 5.91. The number of nitrogens with zero attached hydrogens (tertiary/aromatic N) is 2. The molecule has 0 heterocycles. The predicted molar refractivity (Wildman–Crippen MR) is 49.6 cm³/mol. The number of amides is 2. The zero-order valence-corrected chi connectivity index (χ0v) is 7.00. The van der Waals surface area contributed by atoms with Crippen LogP contribution >= 0.6 is 0 Å². The van der Waals surface area contributed by atoms with Crippen molar-refractivity contribution in [1.29, 1.82) is 0 Å². The molecule has 0 bridgehead atoms. The van der Waals surface area contributed by atoms with Crippen LogP contribution in [0.3, 0.4) is 0 Å². The van der Waals surface area contributed by atoms with Crippen LogP contribution in [0.5, 0.6) is 0 Å². The second-order valence-corrected chi connectivity index (χ2v) is 1.82. The molecule has 0 aromatic heterocycles. The van der Waals surface area contributed by atoms with Crippen LogP contribution in [0.1, 0.15) is 0 Å². The van der Waals surface area contributed by atoms with Crippen molar-refractivity contribution >= 4 is 18.6 Å². The van der Waals surface area contributed by atoms with Crippen molar-refractivity contribution in [3.63, 3.8) is 0 Å². The van der Waals surface area contributed by atoms with Gasteiger partial charge in [-0.25, -0.2) is 14.8 Å². The van der Waals surface area contributed by atoms with Gasteiger partial charge in [-0.1, -0.05) is 6.58 Å². The molecular formula is C7H12N4O. The van der Waals surface area contributed by atoms with Crippen molar-refractivity contribution in [2.75, 3.05) is 13.6 Å². The Hall–Kier alpha value is -1.65. The molecule has 0 aliphatic heterocycles. The van der Waals surface area contributed by atoms with Gasteiger partial charge in [0.25, 0.3) is 0 Å². The van der Waals surface area contributed by atoms with Gasteiger partial charge in [0, 0.05) is 13.2 Å². The van der Waals surface area contributed by atoms with Crippen LogP contribution in [0, 0.1) is 0 Å². The van der Waals surface area contributed by atoms with E-state index in [1.54, 1.807) is 0 Å². The number of carbonyl (C=O) groups is 1. The summed E-state index contributed by atoms with van der Waals surface area (Å²) in [7, 11) is 1.53. The molecule has 0 saturated heterocycles. The molecule has 0 rings (SSSR count). The van der Waals surface area contributed by atoms with Crippen LogP contribution in [0.2, 0.25) is 0 Å². The summed E-state index contributed by atoms with van der Waals surface area (Å²) in [6, 6.07) is -0.282. The Balaban J connectivity index is 3.88. The van der Waals surface area contributed by atoms with Crippen molar-refractivity contribution in [1.82, 2.24) is 10.6 Å². The predicted octanol–water partition coefficient (Wildman–Crippen LogP) is 0.158. The fourth-order valence-corrected chi connectivity index (χ4v) is 0.495. The molecule has 0 unspecified atom stereocenters. The summed E-state index contributed by atoms with van der Waals surface area (Å²) in [6.45, 7) is 6.92. The summed E-state index contributed by atoms with van der Waals surface area (Å²) in [4.78, 5) is 18.0. The van der Waals surface area contributed by atoms with Gasteiger partial charge < -0.3 is 10.6 Å². The average molecular weight is 168 g/mol. The number of rotatable bonds is 3. The third-order valence-corrected chi connectivity index (χ3v) is 1.06. The minimum absolute atomic E-state index is 0.245. The lowest BCUT2D eigenvalue weighted by Crippen LogP contribution is -2.35. The lowest BCUT2D eigenvalue weighted by Gasteiger charge is -2.01. The van der Waals surface area contributed by atoms with E-state index in [0.29, 0.717) is 5.84 Å². The highest BCUT2D eigenvalue weighted by Gasteiger charge is 1.97. The van der Waals surface area contributed by atoms with Gasteiger partial charge in [-0.05, 0) is 6.72 Å². The fraction of sp³-hybridized carbons (Fsp3) is 0.286. The van der Waals surface area contributed by atoms with Gasteiger partial charge in [0.05, 0.1) is 6.54 Å².